The number of rotatable bonds is 8. The van der Waals surface area contributed by atoms with Crippen LogP contribution in [0, 0.1) is 16.7 Å². The maximum Gasteiger partial charge on any atom is 0.331 e. The molecule has 1 saturated carbocycles. The first-order chi connectivity index (χ1) is 18.9. The first kappa shape index (κ1) is 29.1. The molecule has 0 spiro atoms. The summed E-state index contributed by atoms with van der Waals surface area (Å²) in [4.78, 5) is 13.0. The van der Waals surface area contributed by atoms with E-state index in [1.54, 1.807) is 5.57 Å². The van der Waals surface area contributed by atoms with Crippen LogP contribution < -0.4 is 10.4 Å². The fourth-order valence-corrected chi connectivity index (χ4v) is 12.6. The van der Waals surface area contributed by atoms with Crippen molar-refractivity contribution in [3.63, 3.8) is 0 Å². The first-order valence-electron chi connectivity index (χ1n) is 15.3. The molecular weight excluding hydrogens is 508 g/mol. The van der Waals surface area contributed by atoms with Gasteiger partial charge in [0.15, 0.2) is 0 Å². The van der Waals surface area contributed by atoms with Crippen LogP contribution in [-0.2, 0) is 14.0 Å². The van der Waals surface area contributed by atoms with Crippen molar-refractivity contribution in [2.24, 2.45) is 16.7 Å². The van der Waals surface area contributed by atoms with E-state index in [-0.39, 0.29) is 27.9 Å². The molecule has 0 aromatic heterocycles. The van der Waals surface area contributed by atoms with Crippen molar-refractivity contribution in [2.75, 3.05) is 6.61 Å². The zero-order chi connectivity index (χ0) is 28.8. The van der Waals surface area contributed by atoms with Gasteiger partial charge in [-0.25, -0.2) is 4.79 Å². The largest absolute Gasteiger partial charge is 0.458 e. The summed E-state index contributed by atoms with van der Waals surface area (Å²) < 4.78 is 13.3. The van der Waals surface area contributed by atoms with E-state index in [2.05, 4.69) is 109 Å². The Morgan fingerprint density at radius 1 is 0.950 bits per heavy atom. The van der Waals surface area contributed by atoms with Gasteiger partial charge in [0.1, 0.15) is 6.10 Å². The third-order valence-electron chi connectivity index (χ3n) is 10.2. The zero-order valence-electron chi connectivity index (χ0n) is 25.7. The molecule has 2 aromatic rings. The average Bonchev–Trinajstić information content (AvgIpc) is 3.28. The highest BCUT2D eigenvalue weighted by molar-refractivity contribution is 6.99. The van der Waals surface area contributed by atoms with Crippen LogP contribution >= 0.6 is 0 Å². The van der Waals surface area contributed by atoms with Crippen LogP contribution in [0.4, 0.5) is 0 Å². The normalized spacial score (nSPS) is 26.9. The number of benzene rings is 2. The Kier molecular flexibility index (Phi) is 7.82. The Morgan fingerprint density at radius 3 is 2.10 bits per heavy atom. The molecule has 0 bridgehead atoms. The van der Waals surface area contributed by atoms with E-state index < -0.39 is 8.32 Å². The first-order valence-corrected chi connectivity index (χ1v) is 17.2. The minimum atomic E-state index is -2.58. The molecule has 214 valence electrons. The Hall–Kier alpha value is -2.43. The molecule has 0 amide bonds. The smallest absolute Gasteiger partial charge is 0.331 e. The molecule has 1 aliphatic heterocycles. The minimum absolute atomic E-state index is 0.0507. The van der Waals surface area contributed by atoms with Crippen molar-refractivity contribution in [3.8, 4) is 0 Å². The number of carbonyl (C=O) groups excluding carboxylic acids is 1. The molecule has 0 radical (unpaired) electrons. The van der Waals surface area contributed by atoms with Gasteiger partial charge in [-0.2, -0.15) is 0 Å². The Morgan fingerprint density at radius 2 is 1.55 bits per heavy atom. The van der Waals surface area contributed by atoms with Gasteiger partial charge < -0.3 is 9.16 Å². The average molecular weight is 557 g/mol. The number of allylic oxidation sites excluding steroid dienone is 2. The van der Waals surface area contributed by atoms with Gasteiger partial charge in [-0.15, -0.1) is 0 Å². The van der Waals surface area contributed by atoms with Crippen LogP contribution in [0.15, 0.2) is 83.5 Å². The maximum atomic E-state index is 13.0. The predicted octanol–water partition coefficient (Wildman–Crippen LogP) is 7.75. The summed E-state index contributed by atoms with van der Waals surface area (Å²) in [6, 6.07) is 21.7. The molecule has 40 heavy (non-hydrogen) atoms. The molecule has 1 fully saturated rings. The van der Waals surface area contributed by atoms with E-state index in [4.69, 9.17) is 9.16 Å². The fourth-order valence-electron chi connectivity index (χ4n) is 7.96. The van der Waals surface area contributed by atoms with Crippen LogP contribution in [0.5, 0.6) is 0 Å². The molecule has 2 aliphatic carbocycles. The Labute approximate surface area is 243 Å². The number of carbonyl (C=O) groups is 1. The summed E-state index contributed by atoms with van der Waals surface area (Å²) in [5.74, 6) is 0.341. The molecule has 0 unspecified atom stereocenters. The summed E-state index contributed by atoms with van der Waals surface area (Å²) in [6.45, 7) is 17.0. The highest BCUT2D eigenvalue weighted by Crippen LogP contribution is 2.62. The van der Waals surface area contributed by atoms with Gasteiger partial charge in [0.25, 0.3) is 8.32 Å². The van der Waals surface area contributed by atoms with Gasteiger partial charge in [0.05, 0.1) is 0 Å². The number of fused-ring (bicyclic) bond motifs is 3. The third-order valence-corrected chi connectivity index (χ3v) is 15.3. The van der Waals surface area contributed by atoms with Crippen molar-refractivity contribution < 1.29 is 14.0 Å². The van der Waals surface area contributed by atoms with Crippen molar-refractivity contribution in [1.29, 1.82) is 0 Å². The monoisotopic (exact) mass is 556 g/mol. The van der Waals surface area contributed by atoms with Crippen LogP contribution in [-0.4, -0.2) is 27.0 Å². The summed E-state index contributed by atoms with van der Waals surface area (Å²) in [6.07, 6.45) is 8.00. The lowest BCUT2D eigenvalue weighted by atomic mass is 9.56. The second-order valence-electron chi connectivity index (χ2n) is 14.2. The van der Waals surface area contributed by atoms with Crippen molar-refractivity contribution in [1.82, 2.24) is 0 Å². The quantitative estimate of drug-likeness (QED) is 0.189. The lowest BCUT2D eigenvalue weighted by Crippen LogP contribution is -2.66. The molecule has 3 atom stereocenters. The number of esters is 1. The molecule has 2 aromatic carbocycles. The molecule has 3 aliphatic rings. The summed E-state index contributed by atoms with van der Waals surface area (Å²) in [5, 5.41) is 2.55. The zero-order valence-corrected chi connectivity index (χ0v) is 26.7. The second-order valence-corrected chi connectivity index (χ2v) is 18.5. The predicted molar refractivity (Wildman–Crippen MR) is 167 cm³/mol. The Bertz CT molecular complexity index is 1250. The van der Waals surface area contributed by atoms with Crippen molar-refractivity contribution in [3.05, 3.63) is 83.5 Å². The van der Waals surface area contributed by atoms with Crippen molar-refractivity contribution >= 4 is 24.7 Å². The lowest BCUT2D eigenvalue weighted by Gasteiger charge is -2.51. The topological polar surface area (TPSA) is 35.5 Å². The summed E-state index contributed by atoms with van der Waals surface area (Å²) in [5.41, 5.74) is 4.38. The van der Waals surface area contributed by atoms with E-state index >= 15 is 0 Å². The molecule has 0 N–H and O–H groups in total. The maximum absolute atomic E-state index is 13.0. The molecule has 4 heteroatoms. The van der Waals surface area contributed by atoms with Crippen molar-refractivity contribution in [2.45, 2.75) is 98.1 Å². The highest BCUT2D eigenvalue weighted by atomic mass is 28.4. The molecular formula is C36H48O3Si. The standard InChI is InChI=1S/C36H48O3Si/c1-26(2)29-20-21-35(6)22-23-36(7)30(33(29)35)25-32(37)39-31(36)19-14-24-38-40(34(3,4)5,27-15-10-8-11-16-27)28-17-12-9-13-18-28/h8-13,15-18,25-26,31H,14,19-24H2,1-7H3/t31-,35+,36+/m0/s1. The van der Waals surface area contributed by atoms with Gasteiger partial charge in [0, 0.05) is 18.1 Å². The van der Waals surface area contributed by atoms with Gasteiger partial charge in [-0.3, -0.25) is 0 Å². The molecule has 5 rings (SSSR count). The van der Waals surface area contributed by atoms with Crippen LogP contribution in [0.1, 0.15) is 87.0 Å². The van der Waals surface area contributed by atoms with Crippen LogP contribution in [0.3, 0.4) is 0 Å². The Balaban J connectivity index is 1.40. The van der Waals surface area contributed by atoms with Gasteiger partial charge in [-0.1, -0.05) is 115 Å². The van der Waals surface area contributed by atoms with E-state index in [1.165, 1.54) is 34.4 Å². The van der Waals surface area contributed by atoms with Crippen LogP contribution in [0.25, 0.3) is 0 Å². The fraction of sp³-hybridized carbons (Fsp3) is 0.528. The summed E-state index contributed by atoms with van der Waals surface area (Å²) in [7, 11) is -2.58. The number of ether oxygens (including phenoxy) is 1. The number of hydrogen-bond acceptors (Lipinski definition) is 3. The molecule has 0 saturated heterocycles. The molecule has 3 nitrogen and oxygen atoms in total. The van der Waals surface area contributed by atoms with Gasteiger partial charge >= 0.3 is 5.97 Å². The third kappa shape index (κ3) is 4.85. The van der Waals surface area contributed by atoms with Gasteiger partial charge in [0.2, 0.25) is 0 Å². The molecule has 1 heterocycles. The van der Waals surface area contributed by atoms with Gasteiger partial charge in [-0.05, 0) is 76.4 Å². The van der Waals surface area contributed by atoms with E-state index in [9.17, 15) is 4.79 Å². The SMILES string of the molecule is CC(C)C1=C2C3=CC(=O)O[C@@H](CCCO[Si](c4ccccc4)(c4ccccc4)C(C)(C)C)[C@]3(C)CC[C@@]2(C)CC1. The van der Waals surface area contributed by atoms with E-state index in [1.807, 2.05) is 6.08 Å². The number of cyclic esters (lactones) is 1. The highest BCUT2D eigenvalue weighted by Gasteiger charge is 2.54. The minimum Gasteiger partial charge on any atom is -0.458 e. The number of hydrogen-bond donors (Lipinski definition) is 0. The lowest BCUT2D eigenvalue weighted by molar-refractivity contribution is -0.153. The van der Waals surface area contributed by atoms with Crippen LogP contribution in [0.2, 0.25) is 5.04 Å². The van der Waals surface area contributed by atoms with E-state index in [0.29, 0.717) is 12.5 Å². The van der Waals surface area contributed by atoms with E-state index in [0.717, 1.165) is 25.7 Å². The summed E-state index contributed by atoms with van der Waals surface area (Å²) >= 11 is 0. The second kappa shape index (κ2) is 10.8.